The minimum atomic E-state index is -0.351. The van der Waals surface area contributed by atoms with Gasteiger partial charge in [0.1, 0.15) is 0 Å². The van der Waals surface area contributed by atoms with Gasteiger partial charge in [-0.2, -0.15) is 0 Å². The zero-order valence-electron chi connectivity index (χ0n) is 6.11. The van der Waals surface area contributed by atoms with Gasteiger partial charge in [-0.15, -0.1) is 6.42 Å². The number of halogens is 1. The fraction of sp³-hybridized carbons (Fsp3) is 0.333. The maximum absolute atomic E-state index is 5.24. The molecule has 0 nitrogen and oxygen atoms in total. The predicted molar refractivity (Wildman–Crippen MR) is 45.4 cm³/mol. The van der Waals surface area contributed by atoms with Crippen LogP contribution in [0.4, 0.5) is 0 Å². The number of hydrogen-bond donors (Lipinski definition) is 0. The Labute approximate surface area is 67.3 Å². The molecule has 0 saturated heterocycles. The van der Waals surface area contributed by atoms with Crippen LogP contribution in [-0.2, 0) is 0 Å². The van der Waals surface area contributed by atoms with Crippen molar-refractivity contribution in [3.05, 3.63) is 11.6 Å². The molecule has 0 atom stereocenters. The van der Waals surface area contributed by atoms with Crippen LogP contribution in [0, 0.1) is 29.6 Å². The van der Waals surface area contributed by atoms with E-state index in [9.17, 15) is 0 Å². The molecule has 0 fully saturated rings. The van der Waals surface area contributed by atoms with Crippen molar-refractivity contribution in [3.63, 3.8) is 0 Å². The number of hydrogen-bond acceptors (Lipinski definition) is 0. The van der Waals surface area contributed by atoms with Crippen molar-refractivity contribution in [2.45, 2.75) is 13.8 Å². The van der Waals surface area contributed by atoms with E-state index in [1.165, 1.54) is 5.54 Å². The van der Waals surface area contributed by atoms with Gasteiger partial charge in [-0.25, -0.2) is 0 Å². The molecular weight excluding hydrogens is 144 g/mol. The van der Waals surface area contributed by atoms with Crippen molar-refractivity contribution in [2.24, 2.45) is 5.41 Å². The second kappa shape index (κ2) is 4.04. The van der Waals surface area contributed by atoms with Gasteiger partial charge >= 0.3 is 0 Å². The van der Waals surface area contributed by atoms with E-state index in [1.807, 2.05) is 13.8 Å². The lowest BCUT2D eigenvalue weighted by molar-refractivity contribution is 0.687. The molecule has 0 bridgehead atoms. The first kappa shape index (κ1) is 9.15. The summed E-state index contributed by atoms with van der Waals surface area (Å²) >= 11 is 5.24. The van der Waals surface area contributed by atoms with E-state index >= 15 is 0 Å². The summed E-state index contributed by atoms with van der Waals surface area (Å²) in [5, 5.41) is 0. The lowest BCUT2D eigenvalue weighted by Crippen LogP contribution is -2.02. The monoisotopic (exact) mass is 152 g/mol. The highest BCUT2D eigenvalue weighted by atomic mass is 35.5. The second-order valence-electron chi connectivity index (χ2n) is 2.33. The summed E-state index contributed by atoms with van der Waals surface area (Å²) in [5.41, 5.74) is 1.01. The summed E-state index contributed by atoms with van der Waals surface area (Å²) in [5.74, 6) is 8.12. The van der Waals surface area contributed by atoms with Crippen molar-refractivity contribution in [3.8, 4) is 24.2 Å². The average Bonchev–Trinajstić information content (AvgIpc) is 1.89. The van der Waals surface area contributed by atoms with Crippen LogP contribution in [0.15, 0.2) is 11.6 Å². The van der Waals surface area contributed by atoms with Gasteiger partial charge in [0.25, 0.3) is 0 Å². The fourth-order valence-corrected chi connectivity index (χ4v) is 0.353. The quantitative estimate of drug-likeness (QED) is 0.468. The van der Waals surface area contributed by atoms with Crippen molar-refractivity contribution in [2.75, 3.05) is 0 Å². The summed E-state index contributed by atoms with van der Waals surface area (Å²) in [7, 11) is 0. The zero-order chi connectivity index (χ0) is 8.04. The summed E-state index contributed by atoms with van der Waals surface area (Å²) in [6.45, 7) is 3.75. The predicted octanol–water partition coefficient (Wildman–Crippen LogP) is 2.40. The summed E-state index contributed by atoms with van der Waals surface area (Å²) in [6.07, 6.45) is 6.74. The van der Waals surface area contributed by atoms with Crippen LogP contribution in [0.2, 0.25) is 0 Å². The maximum Gasteiger partial charge on any atom is 0.0863 e. The Kier molecular flexibility index (Phi) is 3.70. The van der Waals surface area contributed by atoms with E-state index in [0.717, 1.165) is 0 Å². The van der Waals surface area contributed by atoms with Gasteiger partial charge in [0.2, 0.25) is 0 Å². The summed E-state index contributed by atoms with van der Waals surface area (Å²) in [6, 6.07) is 0. The van der Waals surface area contributed by atoms with E-state index in [-0.39, 0.29) is 5.41 Å². The molecule has 0 unspecified atom stereocenters. The smallest absolute Gasteiger partial charge is 0.0863 e. The normalized spacial score (nSPS) is 10.2. The number of rotatable bonds is 0. The highest BCUT2D eigenvalue weighted by Gasteiger charge is 2.06. The van der Waals surface area contributed by atoms with E-state index in [1.54, 1.807) is 6.08 Å². The molecule has 0 aromatic heterocycles. The SMILES string of the molecule is C#CC(C)(C)C#C/C=C/Cl. The van der Waals surface area contributed by atoms with Gasteiger partial charge in [0.05, 0.1) is 5.41 Å². The highest BCUT2D eigenvalue weighted by Crippen LogP contribution is 2.09. The van der Waals surface area contributed by atoms with Crippen LogP contribution in [0.25, 0.3) is 0 Å². The van der Waals surface area contributed by atoms with Crippen LogP contribution in [-0.4, -0.2) is 0 Å². The third kappa shape index (κ3) is 4.07. The maximum atomic E-state index is 5.24. The van der Waals surface area contributed by atoms with Crippen molar-refractivity contribution >= 4 is 11.6 Å². The largest absolute Gasteiger partial charge is 0.119 e. The first-order valence-corrected chi connectivity index (χ1v) is 3.32. The lowest BCUT2D eigenvalue weighted by Gasteiger charge is -2.05. The molecule has 1 heteroatoms. The molecule has 52 valence electrons. The Morgan fingerprint density at radius 1 is 1.50 bits per heavy atom. The second-order valence-corrected chi connectivity index (χ2v) is 2.58. The molecule has 0 heterocycles. The molecule has 10 heavy (non-hydrogen) atoms. The molecule has 0 aliphatic carbocycles. The topological polar surface area (TPSA) is 0 Å². The Morgan fingerprint density at radius 2 is 2.10 bits per heavy atom. The molecule has 0 rings (SSSR count). The van der Waals surface area contributed by atoms with Gasteiger partial charge < -0.3 is 0 Å². The van der Waals surface area contributed by atoms with E-state index in [0.29, 0.717) is 0 Å². The van der Waals surface area contributed by atoms with Gasteiger partial charge in [0, 0.05) is 5.54 Å². The lowest BCUT2D eigenvalue weighted by atomic mass is 9.96. The van der Waals surface area contributed by atoms with Crippen LogP contribution in [0.5, 0.6) is 0 Å². The van der Waals surface area contributed by atoms with Gasteiger partial charge in [0.15, 0.2) is 0 Å². The van der Waals surface area contributed by atoms with Crippen LogP contribution < -0.4 is 0 Å². The Morgan fingerprint density at radius 3 is 2.50 bits per heavy atom. The molecule has 0 aliphatic rings. The standard InChI is InChI=1S/C9H9Cl/c1-4-9(2,3)7-5-6-8-10/h1,6,8H,2-3H3/b8-6+. The molecule has 0 aromatic carbocycles. The first-order valence-electron chi connectivity index (χ1n) is 2.88. The minimum absolute atomic E-state index is 0.351. The van der Waals surface area contributed by atoms with E-state index in [4.69, 9.17) is 18.0 Å². The molecule has 0 aromatic rings. The third-order valence-electron chi connectivity index (χ3n) is 0.892. The van der Waals surface area contributed by atoms with E-state index < -0.39 is 0 Å². The Bertz CT molecular complexity index is 217. The molecule has 0 aliphatic heterocycles. The Hall–Kier alpha value is -0.850. The average molecular weight is 153 g/mol. The third-order valence-corrected chi connectivity index (χ3v) is 1.02. The van der Waals surface area contributed by atoms with E-state index in [2.05, 4.69) is 17.8 Å². The number of terminal acetylenes is 1. The summed E-state index contributed by atoms with van der Waals surface area (Å²) < 4.78 is 0. The zero-order valence-corrected chi connectivity index (χ0v) is 6.87. The molecule has 0 N–H and O–H groups in total. The van der Waals surface area contributed by atoms with Crippen molar-refractivity contribution in [1.29, 1.82) is 0 Å². The first-order chi connectivity index (χ1) is 4.62. The molecule has 0 saturated carbocycles. The van der Waals surface area contributed by atoms with Crippen LogP contribution in [0.1, 0.15) is 13.8 Å². The summed E-state index contributed by atoms with van der Waals surface area (Å²) in [4.78, 5) is 0. The van der Waals surface area contributed by atoms with Crippen molar-refractivity contribution < 1.29 is 0 Å². The van der Waals surface area contributed by atoms with Gasteiger partial charge in [-0.3, -0.25) is 0 Å². The molecule has 0 spiro atoms. The minimum Gasteiger partial charge on any atom is -0.119 e. The fourth-order valence-electron chi connectivity index (χ4n) is 0.290. The number of allylic oxidation sites excluding steroid dienone is 1. The molecular formula is C9H9Cl. The van der Waals surface area contributed by atoms with Crippen LogP contribution >= 0.6 is 11.6 Å². The van der Waals surface area contributed by atoms with Gasteiger partial charge in [-0.05, 0) is 19.9 Å². The van der Waals surface area contributed by atoms with Crippen LogP contribution in [0.3, 0.4) is 0 Å². The highest BCUT2D eigenvalue weighted by molar-refractivity contribution is 6.25. The van der Waals surface area contributed by atoms with Crippen molar-refractivity contribution in [1.82, 2.24) is 0 Å². The molecule has 0 amide bonds. The molecule has 0 radical (unpaired) electrons. The van der Waals surface area contributed by atoms with Gasteiger partial charge in [-0.1, -0.05) is 29.4 Å². The Balaban J connectivity index is 4.19.